The maximum Gasteiger partial charge on any atom is 0.121 e. The van der Waals surface area contributed by atoms with Crippen molar-refractivity contribution in [2.75, 3.05) is 32.1 Å². The fourth-order valence-electron chi connectivity index (χ4n) is 2.53. The largest absolute Gasteiger partial charge is 0.497 e. The van der Waals surface area contributed by atoms with Crippen LogP contribution in [0.1, 0.15) is 26.7 Å². The summed E-state index contributed by atoms with van der Waals surface area (Å²) in [6, 6.07) is 6.60. The van der Waals surface area contributed by atoms with Gasteiger partial charge in [0.15, 0.2) is 0 Å². The number of allylic oxidation sites excluding steroid dienone is 1. The topological polar surface area (TPSA) is 24.5 Å². The van der Waals surface area contributed by atoms with Gasteiger partial charge in [-0.15, -0.1) is 0 Å². The van der Waals surface area contributed by atoms with Gasteiger partial charge in [0.1, 0.15) is 5.75 Å². The Morgan fingerprint density at radius 3 is 2.71 bits per heavy atom. The first-order chi connectivity index (χ1) is 10.1. The number of halogens is 1. The number of hydrogen-bond donors (Lipinski definition) is 1. The van der Waals surface area contributed by atoms with E-state index in [9.17, 15) is 0 Å². The van der Waals surface area contributed by atoms with Gasteiger partial charge in [0.25, 0.3) is 0 Å². The Balaban J connectivity index is 1.87. The first-order valence-electron chi connectivity index (χ1n) is 7.54. The SMILES string of the molecule is COc1ccc(Br)c(NC2CCN(CC=C(C)C)CC2)c1. The van der Waals surface area contributed by atoms with Gasteiger partial charge in [0.2, 0.25) is 0 Å². The van der Waals surface area contributed by atoms with Crippen molar-refractivity contribution in [1.29, 1.82) is 0 Å². The smallest absolute Gasteiger partial charge is 0.121 e. The third-order valence-corrected chi connectivity index (χ3v) is 4.57. The zero-order valence-electron chi connectivity index (χ0n) is 13.2. The van der Waals surface area contributed by atoms with Crippen LogP contribution in [0, 0.1) is 0 Å². The summed E-state index contributed by atoms with van der Waals surface area (Å²) < 4.78 is 6.39. The Hall–Kier alpha value is -1.00. The minimum Gasteiger partial charge on any atom is -0.497 e. The first kappa shape index (κ1) is 16.4. The van der Waals surface area contributed by atoms with Crippen LogP contribution in [0.2, 0.25) is 0 Å². The molecule has 21 heavy (non-hydrogen) atoms. The Bertz CT molecular complexity index is 490. The molecule has 1 aromatic rings. The second kappa shape index (κ2) is 7.85. The highest BCUT2D eigenvalue weighted by molar-refractivity contribution is 9.10. The number of piperidine rings is 1. The average Bonchev–Trinajstić information content (AvgIpc) is 2.48. The van der Waals surface area contributed by atoms with Gasteiger partial charge in [0, 0.05) is 36.2 Å². The summed E-state index contributed by atoms with van der Waals surface area (Å²) in [6.07, 6.45) is 4.67. The molecule has 0 radical (unpaired) electrons. The lowest BCUT2D eigenvalue weighted by molar-refractivity contribution is 0.240. The number of nitrogens with zero attached hydrogens (tertiary/aromatic N) is 1. The van der Waals surface area contributed by atoms with Crippen LogP contribution in [-0.4, -0.2) is 37.7 Å². The fraction of sp³-hybridized carbons (Fsp3) is 0.529. The molecule has 0 spiro atoms. The molecule has 0 aromatic heterocycles. The minimum absolute atomic E-state index is 0.538. The molecule has 1 aromatic carbocycles. The van der Waals surface area contributed by atoms with Crippen molar-refractivity contribution in [2.45, 2.75) is 32.7 Å². The number of benzene rings is 1. The van der Waals surface area contributed by atoms with Crippen LogP contribution in [-0.2, 0) is 0 Å². The third kappa shape index (κ3) is 5.04. The van der Waals surface area contributed by atoms with Crippen LogP contribution in [0.4, 0.5) is 5.69 Å². The molecule has 3 nitrogen and oxygen atoms in total. The summed E-state index contributed by atoms with van der Waals surface area (Å²) in [7, 11) is 1.70. The van der Waals surface area contributed by atoms with Crippen LogP contribution in [0.3, 0.4) is 0 Å². The van der Waals surface area contributed by atoms with E-state index in [2.05, 4.69) is 52.1 Å². The zero-order valence-corrected chi connectivity index (χ0v) is 14.7. The van der Waals surface area contributed by atoms with E-state index < -0.39 is 0 Å². The van der Waals surface area contributed by atoms with E-state index in [0.717, 1.165) is 35.5 Å². The number of anilines is 1. The molecule has 0 aliphatic carbocycles. The van der Waals surface area contributed by atoms with Gasteiger partial charge in [-0.2, -0.15) is 0 Å². The minimum atomic E-state index is 0.538. The molecule has 0 amide bonds. The van der Waals surface area contributed by atoms with Crippen LogP contribution < -0.4 is 10.1 Å². The average molecular weight is 353 g/mol. The molecule has 1 heterocycles. The molecule has 0 unspecified atom stereocenters. The molecule has 4 heteroatoms. The highest BCUT2D eigenvalue weighted by Crippen LogP contribution is 2.29. The molecule has 116 valence electrons. The van der Waals surface area contributed by atoms with E-state index in [0.29, 0.717) is 6.04 Å². The molecule has 0 atom stereocenters. The summed E-state index contributed by atoms with van der Waals surface area (Å²) in [5.41, 5.74) is 2.52. The third-order valence-electron chi connectivity index (χ3n) is 3.88. The quantitative estimate of drug-likeness (QED) is 0.799. The number of rotatable bonds is 5. The molecular weight excluding hydrogens is 328 g/mol. The maximum atomic E-state index is 5.29. The molecular formula is C17H25BrN2O. The van der Waals surface area contributed by atoms with Gasteiger partial charge in [-0.1, -0.05) is 11.6 Å². The van der Waals surface area contributed by atoms with Crippen molar-refractivity contribution < 1.29 is 4.74 Å². The lowest BCUT2D eigenvalue weighted by atomic mass is 10.0. The van der Waals surface area contributed by atoms with Gasteiger partial charge < -0.3 is 10.1 Å². The molecule has 1 fully saturated rings. The van der Waals surface area contributed by atoms with Crippen molar-refractivity contribution in [3.05, 3.63) is 34.3 Å². The highest BCUT2D eigenvalue weighted by atomic mass is 79.9. The fourth-order valence-corrected chi connectivity index (χ4v) is 2.89. The van der Waals surface area contributed by atoms with Crippen LogP contribution in [0.5, 0.6) is 5.75 Å². The Kier molecular flexibility index (Phi) is 6.12. The number of nitrogens with one attached hydrogen (secondary N) is 1. The van der Waals surface area contributed by atoms with Crippen molar-refractivity contribution in [3.63, 3.8) is 0 Å². The van der Waals surface area contributed by atoms with Crippen LogP contribution >= 0.6 is 15.9 Å². The summed E-state index contributed by atoms with van der Waals surface area (Å²) in [5, 5.41) is 3.64. The lowest BCUT2D eigenvalue weighted by Crippen LogP contribution is -2.39. The molecule has 0 bridgehead atoms. The molecule has 1 saturated heterocycles. The molecule has 1 N–H and O–H groups in total. The normalized spacial score (nSPS) is 16.6. The molecule has 1 aliphatic heterocycles. The summed E-state index contributed by atoms with van der Waals surface area (Å²) in [6.45, 7) is 7.72. The Morgan fingerprint density at radius 2 is 2.10 bits per heavy atom. The van der Waals surface area contributed by atoms with Gasteiger partial charge in [-0.05, 0) is 54.8 Å². The Labute approximate surface area is 136 Å². The predicted molar refractivity (Wildman–Crippen MR) is 93.2 cm³/mol. The van der Waals surface area contributed by atoms with Gasteiger partial charge in [-0.25, -0.2) is 0 Å². The standard InChI is InChI=1S/C17H25BrN2O/c1-13(2)6-9-20-10-7-14(8-11-20)19-17-12-15(21-3)4-5-16(17)18/h4-6,12,14,19H,7-11H2,1-3H3. The number of ether oxygens (including phenoxy) is 1. The second-order valence-corrected chi connectivity index (χ2v) is 6.70. The van der Waals surface area contributed by atoms with E-state index in [1.807, 2.05) is 12.1 Å². The Morgan fingerprint density at radius 1 is 1.38 bits per heavy atom. The first-order valence-corrected chi connectivity index (χ1v) is 8.33. The van der Waals surface area contributed by atoms with E-state index in [1.165, 1.54) is 18.4 Å². The van der Waals surface area contributed by atoms with Gasteiger partial charge in [0.05, 0.1) is 12.8 Å². The summed E-state index contributed by atoms with van der Waals surface area (Å²) >= 11 is 3.60. The highest BCUT2D eigenvalue weighted by Gasteiger charge is 2.19. The van der Waals surface area contributed by atoms with E-state index >= 15 is 0 Å². The van der Waals surface area contributed by atoms with E-state index in [-0.39, 0.29) is 0 Å². The zero-order chi connectivity index (χ0) is 15.2. The monoisotopic (exact) mass is 352 g/mol. The molecule has 1 aliphatic rings. The number of likely N-dealkylation sites (tertiary alicyclic amines) is 1. The second-order valence-electron chi connectivity index (χ2n) is 5.85. The maximum absolute atomic E-state index is 5.29. The van der Waals surface area contributed by atoms with Gasteiger partial charge in [-0.3, -0.25) is 4.90 Å². The summed E-state index contributed by atoms with van der Waals surface area (Å²) in [5.74, 6) is 0.890. The van der Waals surface area contributed by atoms with Crippen LogP contribution in [0.15, 0.2) is 34.3 Å². The summed E-state index contributed by atoms with van der Waals surface area (Å²) in [4.78, 5) is 2.52. The van der Waals surface area contributed by atoms with Crippen LogP contribution in [0.25, 0.3) is 0 Å². The van der Waals surface area contributed by atoms with Crippen molar-refractivity contribution in [2.24, 2.45) is 0 Å². The van der Waals surface area contributed by atoms with Crippen molar-refractivity contribution >= 4 is 21.6 Å². The molecule has 0 saturated carbocycles. The predicted octanol–water partition coefficient (Wildman–Crippen LogP) is 4.30. The lowest BCUT2D eigenvalue weighted by Gasteiger charge is -2.32. The van der Waals surface area contributed by atoms with Gasteiger partial charge >= 0.3 is 0 Å². The van der Waals surface area contributed by atoms with E-state index in [1.54, 1.807) is 7.11 Å². The van der Waals surface area contributed by atoms with Crippen molar-refractivity contribution in [3.8, 4) is 5.75 Å². The van der Waals surface area contributed by atoms with Crippen molar-refractivity contribution in [1.82, 2.24) is 4.90 Å². The number of hydrogen-bond acceptors (Lipinski definition) is 3. The van der Waals surface area contributed by atoms with E-state index in [4.69, 9.17) is 4.74 Å². The molecule has 2 rings (SSSR count). The number of methoxy groups -OCH3 is 1.